The highest BCUT2D eigenvalue weighted by atomic mass is 19.4. The Morgan fingerprint density at radius 2 is 2.12 bits per heavy atom. The fraction of sp³-hybridized carbons (Fsp3) is 0.300. The van der Waals surface area contributed by atoms with Crippen molar-refractivity contribution in [2.75, 3.05) is 18.5 Å². The standard InChI is InChI=1S/C10H9F3N2O2/c1-15(5-10(11,12)13)6-2-3-7-8(4-6)17-9(16)14-7/h2-4H,5H2,1H3,(H,14,16). The summed E-state index contributed by atoms with van der Waals surface area (Å²) in [4.78, 5) is 14.3. The second kappa shape index (κ2) is 3.83. The molecule has 0 saturated carbocycles. The summed E-state index contributed by atoms with van der Waals surface area (Å²) in [6.07, 6.45) is -4.28. The average Bonchev–Trinajstić information content (AvgIpc) is 2.53. The van der Waals surface area contributed by atoms with Gasteiger partial charge in [-0.1, -0.05) is 0 Å². The van der Waals surface area contributed by atoms with Gasteiger partial charge in [-0.3, -0.25) is 4.98 Å². The zero-order chi connectivity index (χ0) is 12.6. The summed E-state index contributed by atoms with van der Waals surface area (Å²) in [5.74, 6) is -0.629. The number of aromatic nitrogens is 1. The molecule has 1 aromatic heterocycles. The van der Waals surface area contributed by atoms with Crippen molar-refractivity contribution in [2.45, 2.75) is 6.18 Å². The average molecular weight is 246 g/mol. The molecule has 0 spiro atoms. The molecule has 0 atom stereocenters. The van der Waals surface area contributed by atoms with Gasteiger partial charge >= 0.3 is 11.9 Å². The third kappa shape index (κ3) is 2.61. The predicted molar refractivity (Wildman–Crippen MR) is 56.2 cm³/mol. The SMILES string of the molecule is CN(CC(F)(F)F)c1ccc2[nH]c(=O)oc2c1. The molecule has 4 nitrogen and oxygen atoms in total. The van der Waals surface area contributed by atoms with Crippen LogP contribution in [0, 0.1) is 0 Å². The van der Waals surface area contributed by atoms with Crippen molar-refractivity contribution in [3.8, 4) is 0 Å². The number of benzene rings is 1. The number of rotatable bonds is 2. The first kappa shape index (κ1) is 11.6. The largest absolute Gasteiger partial charge is 0.417 e. The lowest BCUT2D eigenvalue weighted by Crippen LogP contribution is -2.30. The van der Waals surface area contributed by atoms with Crippen LogP contribution in [0.25, 0.3) is 11.1 Å². The number of oxazole rings is 1. The molecule has 0 saturated heterocycles. The summed E-state index contributed by atoms with van der Waals surface area (Å²) in [6.45, 7) is -1.06. The highest BCUT2D eigenvalue weighted by Crippen LogP contribution is 2.23. The number of nitrogens with zero attached hydrogens (tertiary/aromatic N) is 1. The number of anilines is 1. The van der Waals surface area contributed by atoms with E-state index >= 15 is 0 Å². The van der Waals surface area contributed by atoms with E-state index in [1.807, 2.05) is 0 Å². The second-order valence-corrected chi connectivity index (χ2v) is 3.67. The van der Waals surface area contributed by atoms with Crippen molar-refractivity contribution in [3.63, 3.8) is 0 Å². The number of aromatic amines is 1. The summed E-state index contributed by atoms with van der Waals surface area (Å²) < 4.78 is 41.3. The zero-order valence-electron chi connectivity index (χ0n) is 8.84. The normalized spacial score (nSPS) is 12.0. The van der Waals surface area contributed by atoms with Gasteiger partial charge in [-0.05, 0) is 12.1 Å². The van der Waals surface area contributed by atoms with Crippen LogP contribution >= 0.6 is 0 Å². The summed E-state index contributed by atoms with van der Waals surface area (Å²) in [7, 11) is 1.32. The summed E-state index contributed by atoms with van der Waals surface area (Å²) >= 11 is 0. The van der Waals surface area contributed by atoms with Gasteiger partial charge < -0.3 is 9.32 Å². The van der Waals surface area contributed by atoms with Gasteiger partial charge in [0.2, 0.25) is 0 Å². The summed E-state index contributed by atoms with van der Waals surface area (Å²) in [5.41, 5.74) is 1.03. The fourth-order valence-electron chi connectivity index (χ4n) is 1.53. The van der Waals surface area contributed by atoms with Crippen molar-refractivity contribution >= 4 is 16.8 Å². The lowest BCUT2D eigenvalue weighted by Gasteiger charge is -2.20. The number of alkyl halides is 3. The molecule has 1 aromatic carbocycles. The minimum atomic E-state index is -4.28. The highest BCUT2D eigenvalue weighted by molar-refractivity contribution is 5.76. The van der Waals surface area contributed by atoms with Crippen LogP contribution in [0.1, 0.15) is 0 Å². The van der Waals surface area contributed by atoms with E-state index in [9.17, 15) is 18.0 Å². The third-order valence-corrected chi connectivity index (χ3v) is 2.26. The van der Waals surface area contributed by atoms with Crippen LogP contribution < -0.4 is 10.7 Å². The monoisotopic (exact) mass is 246 g/mol. The number of fused-ring (bicyclic) bond motifs is 1. The Morgan fingerprint density at radius 1 is 1.41 bits per heavy atom. The minimum absolute atomic E-state index is 0.238. The van der Waals surface area contributed by atoms with E-state index in [4.69, 9.17) is 4.42 Å². The molecular formula is C10H9F3N2O2. The van der Waals surface area contributed by atoms with Gasteiger partial charge in [0, 0.05) is 18.8 Å². The molecule has 2 rings (SSSR count). The highest BCUT2D eigenvalue weighted by Gasteiger charge is 2.29. The van der Waals surface area contributed by atoms with E-state index in [0.29, 0.717) is 11.2 Å². The molecule has 1 heterocycles. The Kier molecular flexibility index (Phi) is 2.60. The molecule has 0 unspecified atom stereocenters. The van der Waals surface area contributed by atoms with Crippen LogP contribution in [0.5, 0.6) is 0 Å². The summed E-state index contributed by atoms with van der Waals surface area (Å²) in [5, 5.41) is 0. The van der Waals surface area contributed by atoms with Gasteiger partial charge in [-0.15, -0.1) is 0 Å². The van der Waals surface area contributed by atoms with E-state index < -0.39 is 18.5 Å². The molecule has 0 radical (unpaired) electrons. The minimum Gasteiger partial charge on any atom is -0.408 e. The topological polar surface area (TPSA) is 49.2 Å². The number of H-pyrrole nitrogens is 1. The van der Waals surface area contributed by atoms with E-state index in [1.54, 1.807) is 0 Å². The summed E-state index contributed by atoms with van der Waals surface area (Å²) in [6, 6.07) is 4.38. The third-order valence-electron chi connectivity index (χ3n) is 2.26. The van der Waals surface area contributed by atoms with Crippen molar-refractivity contribution in [2.24, 2.45) is 0 Å². The Morgan fingerprint density at radius 3 is 2.76 bits per heavy atom. The zero-order valence-corrected chi connectivity index (χ0v) is 8.84. The van der Waals surface area contributed by atoms with Crippen LogP contribution in [0.3, 0.4) is 0 Å². The molecule has 7 heteroatoms. The maximum Gasteiger partial charge on any atom is 0.417 e. The second-order valence-electron chi connectivity index (χ2n) is 3.67. The van der Waals surface area contributed by atoms with Gasteiger partial charge in [0.15, 0.2) is 5.58 Å². The van der Waals surface area contributed by atoms with Gasteiger partial charge in [0.25, 0.3) is 0 Å². The first-order valence-corrected chi connectivity index (χ1v) is 4.76. The number of halogens is 3. The smallest absolute Gasteiger partial charge is 0.408 e. The molecule has 1 N–H and O–H groups in total. The quantitative estimate of drug-likeness (QED) is 0.882. The molecular weight excluding hydrogens is 237 g/mol. The van der Waals surface area contributed by atoms with E-state index in [0.717, 1.165) is 4.90 Å². The van der Waals surface area contributed by atoms with Crippen molar-refractivity contribution in [1.29, 1.82) is 0 Å². The Hall–Kier alpha value is -1.92. The molecule has 0 fully saturated rings. The molecule has 0 bridgehead atoms. The van der Waals surface area contributed by atoms with E-state index in [2.05, 4.69) is 4.98 Å². The fourth-order valence-corrected chi connectivity index (χ4v) is 1.53. The molecule has 2 aromatic rings. The lowest BCUT2D eigenvalue weighted by molar-refractivity contribution is -0.119. The lowest BCUT2D eigenvalue weighted by atomic mass is 10.2. The number of hydrogen-bond acceptors (Lipinski definition) is 3. The van der Waals surface area contributed by atoms with Crippen LogP contribution in [0.4, 0.5) is 18.9 Å². The van der Waals surface area contributed by atoms with Crippen molar-refractivity contribution in [3.05, 3.63) is 28.7 Å². The maximum atomic E-state index is 12.2. The van der Waals surface area contributed by atoms with Gasteiger partial charge in [0.1, 0.15) is 6.54 Å². The number of nitrogens with one attached hydrogen (secondary N) is 1. The van der Waals surface area contributed by atoms with E-state index in [-0.39, 0.29) is 5.58 Å². The van der Waals surface area contributed by atoms with Crippen LogP contribution in [0.15, 0.2) is 27.4 Å². The van der Waals surface area contributed by atoms with E-state index in [1.165, 1.54) is 25.2 Å². The Balaban J connectivity index is 2.32. The van der Waals surface area contributed by atoms with Gasteiger partial charge in [-0.2, -0.15) is 13.2 Å². The molecule has 17 heavy (non-hydrogen) atoms. The van der Waals surface area contributed by atoms with Gasteiger partial charge in [0.05, 0.1) is 5.52 Å². The maximum absolute atomic E-state index is 12.2. The molecule has 0 amide bonds. The Bertz CT molecular complexity index is 585. The number of hydrogen-bond donors (Lipinski definition) is 1. The van der Waals surface area contributed by atoms with Crippen LogP contribution in [0.2, 0.25) is 0 Å². The molecule has 92 valence electrons. The molecule has 0 aliphatic carbocycles. The first-order valence-electron chi connectivity index (χ1n) is 4.76. The molecule has 0 aliphatic heterocycles. The van der Waals surface area contributed by atoms with Crippen LogP contribution in [-0.2, 0) is 0 Å². The Labute approximate surface area is 93.6 Å². The van der Waals surface area contributed by atoms with Crippen molar-refractivity contribution < 1.29 is 17.6 Å². The van der Waals surface area contributed by atoms with Gasteiger partial charge in [-0.25, -0.2) is 4.79 Å². The van der Waals surface area contributed by atoms with Crippen LogP contribution in [-0.4, -0.2) is 24.8 Å². The van der Waals surface area contributed by atoms with Crippen molar-refractivity contribution in [1.82, 2.24) is 4.98 Å². The molecule has 0 aliphatic rings. The first-order chi connectivity index (χ1) is 7.85. The predicted octanol–water partition coefficient (Wildman–Crippen LogP) is 2.12.